The number of furan rings is 1. The van der Waals surface area contributed by atoms with Gasteiger partial charge in [-0.1, -0.05) is 0 Å². The van der Waals surface area contributed by atoms with Crippen molar-refractivity contribution in [1.82, 2.24) is 9.78 Å². The molecule has 2 aromatic heterocycles. The molecule has 0 spiro atoms. The monoisotopic (exact) mass is 274 g/mol. The van der Waals surface area contributed by atoms with Crippen LogP contribution in [0.1, 0.15) is 22.9 Å². The molecule has 0 unspecified atom stereocenters. The average Bonchev–Trinajstić information content (AvgIpc) is 2.93. The molecule has 0 N–H and O–H groups in total. The molecule has 0 aliphatic rings. The molecule has 0 aliphatic carbocycles. The Morgan fingerprint density at radius 2 is 2.20 bits per heavy atom. The zero-order valence-electron chi connectivity index (χ0n) is 11.9. The Labute approximate surface area is 117 Å². The number of hydrogen-bond acceptors (Lipinski definition) is 4. The van der Waals surface area contributed by atoms with Gasteiger partial charge in [-0.25, -0.2) is 4.79 Å². The number of aryl methyl sites for hydroxylation is 3. The van der Waals surface area contributed by atoms with Crippen LogP contribution in [0.4, 0.5) is 0 Å². The van der Waals surface area contributed by atoms with E-state index < -0.39 is 0 Å². The summed E-state index contributed by atoms with van der Waals surface area (Å²) in [6, 6.07) is 5.63. The molecule has 0 bridgehead atoms. The molecule has 5 heteroatoms. The highest BCUT2D eigenvalue weighted by molar-refractivity contribution is 5.86. The Bertz CT molecular complexity index is 623. The summed E-state index contributed by atoms with van der Waals surface area (Å²) in [7, 11) is 0. The van der Waals surface area contributed by atoms with E-state index in [1.165, 1.54) is 6.08 Å². The van der Waals surface area contributed by atoms with Crippen molar-refractivity contribution in [2.45, 2.75) is 27.3 Å². The summed E-state index contributed by atoms with van der Waals surface area (Å²) in [6.45, 7) is 6.61. The van der Waals surface area contributed by atoms with Crippen LogP contribution < -0.4 is 0 Å². The maximum Gasteiger partial charge on any atom is 0.330 e. The minimum Gasteiger partial charge on any atom is -0.462 e. The molecule has 0 radical (unpaired) electrons. The molecule has 2 heterocycles. The second-order valence-electron chi connectivity index (χ2n) is 4.60. The molecule has 0 atom stereocenters. The van der Waals surface area contributed by atoms with Gasteiger partial charge >= 0.3 is 5.97 Å². The van der Waals surface area contributed by atoms with Crippen LogP contribution in [0.25, 0.3) is 6.08 Å². The van der Waals surface area contributed by atoms with Crippen LogP contribution in [-0.4, -0.2) is 22.4 Å². The Hall–Kier alpha value is -2.30. The van der Waals surface area contributed by atoms with E-state index in [0.29, 0.717) is 18.9 Å². The topological polar surface area (TPSA) is 57.3 Å². The average molecular weight is 274 g/mol. The molecular formula is C15H18N2O3. The molecular weight excluding hydrogens is 256 g/mol. The Morgan fingerprint density at radius 1 is 1.40 bits per heavy atom. The molecule has 2 aromatic rings. The zero-order valence-corrected chi connectivity index (χ0v) is 11.9. The highest BCUT2D eigenvalue weighted by Crippen LogP contribution is 2.08. The Balaban J connectivity index is 1.78. The first-order valence-corrected chi connectivity index (χ1v) is 6.47. The van der Waals surface area contributed by atoms with Crippen LogP contribution in [0.3, 0.4) is 0 Å². The third-order valence-electron chi connectivity index (χ3n) is 2.80. The lowest BCUT2D eigenvalue weighted by Gasteiger charge is -2.04. The fourth-order valence-electron chi connectivity index (χ4n) is 1.88. The van der Waals surface area contributed by atoms with Gasteiger partial charge in [-0.2, -0.15) is 5.10 Å². The SMILES string of the molecule is Cc1cc(C)n(CCOC(=O)/C=C/c2ccc(C)o2)n1. The van der Waals surface area contributed by atoms with Crippen molar-refractivity contribution in [3.05, 3.63) is 47.2 Å². The largest absolute Gasteiger partial charge is 0.462 e. The fraction of sp³-hybridized carbons (Fsp3) is 0.333. The van der Waals surface area contributed by atoms with Crippen LogP contribution in [0.15, 0.2) is 28.7 Å². The van der Waals surface area contributed by atoms with Gasteiger partial charge in [-0.05, 0) is 45.0 Å². The molecule has 0 saturated heterocycles. The van der Waals surface area contributed by atoms with Crippen molar-refractivity contribution in [1.29, 1.82) is 0 Å². The van der Waals surface area contributed by atoms with Gasteiger partial charge in [-0.3, -0.25) is 4.68 Å². The quantitative estimate of drug-likeness (QED) is 0.621. The van der Waals surface area contributed by atoms with E-state index in [9.17, 15) is 4.79 Å². The normalized spacial score (nSPS) is 11.2. The van der Waals surface area contributed by atoms with Crippen LogP contribution in [0.5, 0.6) is 0 Å². The van der Waals surface area contributed by atoms with Crippen molar-refractivity contribution >= 4 is 12.0 Å². The molecule has 5 nitrogen and oxygen atoms in total. The molecule has 20 heavy (non-hydrogen) atoms. The van der Waals surface area contributed by atoms with Crippen molar-refractivity contribution < 1.29 is 13.9 Å². The van der Waals surface area contributed by atoms with E-state index in [1.54, 1.807) is 12.1 Å². The van der Waals surface area contributed by atoms with E-state index in [0.717, 1.165) is 17.1 Å². The van der Waals surface area contributed by atoms with Crippen LogP contribution >= 0.6 is 0 Å². The minimum absolute atomic E-state index is 0.294. The maximum atomic E-state index is 11.5. The summed E-state index contributed by atoms with van der Waals surface area (Å²) in [6.07, 6.45) is 2.96. The van der Waals surface area contributed by atoms with Gasteiger partial charge in [0, 0.05) is 11.8 Å². The summed E-state index contributed by atoms with van der Waals surface area (Å²) in [4.78, 5) is 11.5. The lowest BCUT2D eigenvalue weighted by molar-refractivity contribution is -0.138. The van der Waals surface area contributed by atoms with Crippen molar-refractivity contribution in [3.63, 3.8) is 0 Å². The molecule has 0 aliphatic heterocycles. The van der Waals surface area contributed by atoms with Gasteiger partial charge in [-0.15, -0.1) is 0 Å². The van der Waals surface area contributed by atoms with E-state index in [1.807, 2.05) is 37.6 Å². The van der Waals surface area contributed by atoms with Gasteiger partial charge < -0.3 is 9.15 Å². The molecule has 2 rings (SSSR count). The molecule has 0 aromatic carbocycles. The first-order valence-electron chi connectivity index (χ1n) is 6.47. The van der Waals surface area contributed by atoms with Gasteiger partial charge in [0.2, 0.25) is 0 Å². The van der Waals surface area contributed by atoms with E-state index in [4.69, 9.17) is 9.15 Å². The first kappa shape index (κ1) is 14.1. The van der Waals surface area contributed by atoms with E-state index >= 15 is 0 Å². The van der Waals surface area contributed by atoms with Crippen LogP contribution in [0, 0.1) is 20.8 Å². The minimum atomic E-state index is -0.388. The number of aromatic nitrogens is 2. The van der Waals surface area contributed by atoms with Gasteiger partial charge in [0.1, 0.15) is 18.1 Å². The van der Waals surface area contributed by atoms with E-state index in [-0.39, 0.29) is 5.97 Å². The van der Waals surface area contributed by atoms with Crippen molar-refractivity contribution in [3.8, 4) is 0 Å². The fourth-order valence-corrected chi connectivity index (χ4v) is 1.88. The number of carbonyl (C=O) groups excluding carboxylic acids is 1. The van der Waals surface area contributed by atoms with Gasteiger partial charge in [0.25, 0.3) is 0 Å². The number of carbonyl (C=O) groups is 1. The van der Waals surface area contributed by atoms with Gasteiger partial charge in [0.05, 0.1) is 12.2 Å². The number of nitrogens with zero attached hydrogens (tertiary/aromatic N) is 2. The predicted octanol–water partition coefficient (Wildman–Crippen LogP) is 2.66. The number of hydrogen-bond donors (Lipinski definition) is 0. The highest BCUT2D eigenvalue weighted by atomic mass is 16.5. The van der Waals surface area contributed by atoms with Crippen LogP contribution in [0.2, 0.25) is 0 Å². The van der Waals surface area contributed by atoms with Crippen molar-refractivity contribution in [2.75, 3.05) is 6.61 Å². The zero-order chi connectivity index (χ0) is 14.5. The summed E-state index contributed by atoms with van der Waals surface area (Å²) >= 11 is 0. The molecule has 0 amide bonds. The van der Waals surface area contributed by atoms with Crippen molar-refractivity contribution in [2.24, 2.45) is 0 Å². The molecule has 106 valence electrons. The molecule has 0 fully saturated rings. The smallest absolute Gasteiger partial charge is 0.330 e. The summed E-state index contributed by atoms with van der Waals surface area (Å²) in [5.41, 5.74) is 2.02. The Morgan fingerprint density at radius 3 is 2.80 bits per heavy atom. The first-order chi connectivity index (χ1) is 9.54. The summed E-state index contributed by atoms with van der Waals surface area (Å²) in [5, 5.41) is 4.30. The van der Waals surface area contributed by atoms with E-state index in [2.05, 4.69) is 5.10 Å². The second-order valence-corrected chi connectivity index (χ2v) is 4.60. The highest BCUT2D eigenvalue weighted by Gasteiger charge is 2.02. The molecule has 0 saturated carbocycles. The van der Waals surface area contributed by atoms with Gasteiger partial charge in [0.15, 0.2) is 0 Å². The third-order valence-corrected chi connectivity index (χ3v) is 2.80. The predicted molar refractivity (Wildman–Crippen MR) is 75.1 cm³/mol. The standard InChI is InChI=1S/C15H18N2O3/c1-11-10-12(2)17(16-11)8-9-19-15(18)7-6-14-5-4-13(3)20-14/h4-7,10H,8-9H2,1-3H3/b7-6+. The number of rotatable bonds is 5. The lowest BCUT2D eigenvalue weighted by Crippen LogP contribution is -2.11. The Kier molecular flexibility index (Phi) is 4.40. The lowest BCUT2D eigenvalue weighted by atomic mass is 10.4. The second kappa shape index (κ2) is 6.23. The third kappa shape index (κ3) is 3.85. The van der Waals surface area contributed by atoms with Crippen LogP contribution in [-0.2, 0) is 16.1 Å². The number of esters is 1. The summed E-state index contributed by atoms with van der Waals surface area (Å²) < 4.78 is 12.2. The number of ether oxygens (including phenoxy) is 1. The summed E-state index contributed by atoms with van der Waals surface area (Å²) in [5.74, 6) is 1.06. The maximum absolute atomic E-state index is 11.5.